The van der Waals surface area contributed by atoms with Crippen LogP contribution in [0.5, 0.6) is 0 Å². The molecule has 9 aromatic carbocycles. The molecule has 5 heteroatoms. The van der Waals surface area contributed by atoms with Gasteiger partial charge in [0.25, 0.3) is 0 Å². The van der Waals surface area contributed by atoms with E-state index in [4.69, 9.17) is 9.97 Å². The third-order valence-corrected chi connectivity index (χ3v) is 13.8. The van der Waals surface area contributed by atoms with Crippen LogP contribution in [0.3, 0.4) is 0 Å². The Morgan fingerprint density at radius 2 is 0.921 bits per heavy atom. The Hall–Kier alpha value is -8.12. The number of benzene rings is 9. The van der Waals surface area contributed by atoms with Gasteiger partial charge in [-0.2, -0.15) is 0 Å². The molecule has 63 heavy (non-hydrogen) atoms. The van der Waals surface area contributed by atoms with Gasteiger partial charge in [-0.15, -0.1) is 11.3 Å². The zero-order chi connectivity index (χ0) is 41.4. The first-order valence-corrected chi connectivity index (χ1v) is 22.1. The zero-order valence-electron chi connectivity index (χ0n) is 34.0. The molecule has 4 aromatic heterocycles. The lowest BCUT2D eigenvalue weighted by molar-refractivity contribution is 1.02. The SMILES string of the molecule is c1ccc(-c2sc3c(-c4ccccc4)nc(-n4c5ccc(-c6ccc7c(c6)c6ccccc6n7-c6ccccc6)cc5c5ccc6ccccc6c54)nc3c2-c2ccccc2)cc1. The van der Waals surface area contributed by atoms with Gasteiger partial charge in [0.2, 0.25) is 5.95 Å². The maximum absolute atomic E-state index is 5.66. The van der Waals surface area contributed by atoms with E-state index in [1.54, 1.807) is 11.3 Å². The minimum atomic E-state index is 0.648. The van der Waals surface area contributed by atoms with E-state index in [-0.39, 0.29) is 0 Å². The molecule has 0 saturated heterocycles. The molecule has 4 nitrogen and oxygen atoms in total. The summed E-state index contributed by atoms with van der Waals surface area (Å²) in [5.41, 5.74) is 14.4. The van der Waals surface area contributed by atoms with E-state index in [0.29, 0.717) is 5.95 Å². The standard InChI is InChI=1S/C58H36N4S/c1-5-18-38(19-6-1)52-54-57(63-56(52)40-22-9-3-10-23-40)53(39-20-7-2-8-21-39)59-58(60-54)62-51-34-31-42(36-48(51)46-32-29-37-17-13-14-26-44(37)55(46)62)41-30-33-50-47(35-41)45-27-15-16-28-49(45)61(50)43-24-11-4-12-25-43/h1-36H. The van der Waals surface area contributed by atoms with Gasteiger partial charge in [-0.05, 0) is 70.1 Å². The first-order valence-electron chi connectivity index (χ1n) is 21.3. The average Bonchev–Trinajstić information content (AvgIpc) is 4.02. The van der Waals surface area contributed by atoms with Crippen LogP contribution in [0, 0.1) is 0 Å². The molecule has 0 aliphatic carbocycles. The highest BCUT2D eigenvalue weighted by molar-refractivity contribution is 7.23. The van der Waals surface area contributed by atoms with Crippen molar-refractivity contribution in [3.8, 4) is 55.6 Å². The summed E-state index contributed by atoms with van der Waals surface area (Å²) in [5.74, 6) is 0.648. The lowest BCUT2D eigenvalue weighted by Crippen LogP contribution is -2.03. The van der Waals surface area contributed by atoms with Gasteiger partial charge in [0.05, 0.1) is 38.0 Å². The lowest BCUT2D eigenvalue weighted by Gasteiger charge is -2.12. The van der Waals surface area contributed by atoms with Crippen molar-refractivity contribution in [2.45, 2.75) is 0 Å². The van der Waals surface area contributed by atoms with Crippen molar-refractivity contribution >= 4 is 75.9 Å². The van der Waals surface area contributed by atoms with Gasteiger partial charge in [0.15, 0.2) is 0 Å². The number of nitrogens with zero attached hydrogens (tertiary/aromatic N) is 4. The predicted octanol–water partition coefficient (Wildman–Crippen LogP) is 15.7. The van der Waals surface area contributed by atoms with Gasteiger partial charge < -0.3 is 4.57 Å². The zero-order valence-corrected chi connectivity index (χ0v) is 34.8. The Labute approximate surface area is 367 Å². The topological polar surface area (TPSA) is 35.6 Å². The van der Waals surface area contributed by atoms with Crippen LogP contribution in [0.1, 0.15) is 0 Å². The second kappa shape index (κ2) is 14.2. The maximum atomic E-state index is 5.66. The van der Waals surface area contributed by atoms with Crippen LogP contribution >= 0.6 is 11.3 Å². The van der Waals surface area contributed by atoms with Crippen molar-refractivity contribution in [3.05, 3.63) is 218 Å². The highest BCUT2D eigenvalue weighted by Gasteiger charge is 2.25. The number of hydrogen-bond acceptors (Lipinski definition) is 3. The monoisotopic (exact) mass is 820 g/mol. The number of rotatable bonds is 6. The first kappa shape index (κ1) is 35.6. The third kappa shape index (κ3) is 5.60. The molecule has 294 valence electrons. The van der Waals surface area contributed by atoms with Gasteiger partial charge in [0.1, 0.15) is 0 Å². The molecule has 0 atom stereocenters. The van der Waals surface area contributed by atoms with Crippen molar-refractivity contribution in [2.24, 2.45) is 0 Å². The molecule has 0 N–H and O–H groups in total. The van der Waals surface area contributed by atoms with Crippen molar-refractivity contribution in [3.63, 3.8) is 0 Å². The number of thiophene rings is 1. The smallest absolute Gasteiger partial charge is 0.235 e. The summed E-state index contributed by atoms with van der Waals surface area (Å²) < 4.78 is 5.75. The summed E-state index contributed by atoms with van der Waals surface area (Å²) in [6.45, 7) is 0. The second-order valence-corrected chi connectivity index (χ2v) is 17.1. The van der Waals surface area contributed by atoms with E-state index in [1.165, 1.54) is 37.6 Å². The lowest BCUT2D eigenvalue weighted by atomic mass is 10.00. The highest BCUT2D eigenvalue weighted by atomic mass is 32.1. The molecule has 0 saturated carbocycles. The van der Waals surface area contributed by atoms with E-state index in [9.17, 15) is 0 Å². The van der Waals surface area contributed by atoms with Crippen LogP contribution in [-0.2, 0) is 0 Å². The summed E-state index contributed by atoms with van der Waals surface area (Å²) in [6.07, 6.45) is 0. The van der Waals surface area contributed by atoms with E-state index < -0.39 is 0 Å². The van der Waals surface area contributed by atoms with Gasteiger partial charge in [-0.3, -0.25) is 4.57 Å². The summed E-state index contributed by atoms with van der Waals surface area (Å²) in [5, 5.41) is 7.12. The molecule has 0 spiro atoms. The van der Waals surface area contributed by atoms with Crippen LogP contribution in [0.4, 0.5) is 0 Å². The molecule has 13 rings (SSSR count). The minimum absolute atomic E-state index is 0.648. The molecule has 0 unspecified atom stereocenters. The molecule has 0 radical (unpaired) electrons. The minimum Gasteiger partial charge on any atom is -0.309 e. The Kier molecular flexibility index (Phi) is 8.05. The number of aromatic nitrogens is 4. The number of para-hydroxylation sites is 2. The first-order chi connectivity index (χ1) is 31.3. The third-order valence-electron chi connectivity index (χ3n) is 12.5. The summed E-state index contributed by atoms with van der Waals surface area (Å²) in [6, 6.07) is 78.4. The quantitative estimate of drug-likeness (QED) is 0.167. The van der Waals surface area contributed by atoms with Gasteiger partial charge >= 0.3 is 0 Å². The molecule has 4 heterocycles. The van der Waals surface area contributed by atoms with E-state index in [0.717, 1.165) is 76.6 Å². The Balaban J connectivity index is 1.09. The van der Waals surface area contributed by atoms with Crippen molar-refractivity contribution < 1.29 is 0 Å². The van der Waals surface area contributed by atoms with Gasteiger partial charge in [-0.25, -0.2) is 9.97 Å². The Bertz CT molecular complexity index is 3890. The van der Waals surface area contributed by atoms with Crippen LogP contribution in [-0.4, -0.2) is 19.1 Å². The molecule has 0 amide bonds. The molecular weight excluding hydrogens is 785 g/mol. The largest absolute Gasteiger partial charge is 0.309 e. The number of fused-ring (bicyclic) bond motifs is 9. The predicted molar refractivity (Wildman–Crippen MR) is 265 cm³/mol. The normalized spacial score (nSPS) is 11.8. The highest BCUT2D eigenvalue weighted by Crippen LogP contribution is 2.48. The second-order valence-electron chi connectivity index (χ2n) is 16.1. The van der Waals surface area contributed by atoms with Gasteiger partial charge in [-0.1, -0.05) is 176 Å². The molecule has 13 aromatic rings. The summed E-state index contributed by atoms with van der Waals surface area (Å²) in [7, 11) is 0. The summed E-state index contributed by atoms with van der Waals surface area (Å²) in [4.78, 5) is 12.4. The van der Waals surface area contributed by atoms with Crippen LogP contribution in [0.25, 0.3) is 120 Å². The Morgan fingerprint density at radius 1 is 0.365 bits per heavy atom. The maximum Gasteiger partial charge on any atom is 0.235 e. The van der Waals surface area contributed by atoms with E-state index in [1.807, 2.05) is 0 Å². The summed E-state index contributed by atoms with van der Waals surface area (Å²) >= 11 is 1.77. The van der Waals surface area contributed by atoms with E-state index in [2.05, 4.69) is 228 Å². The van der Waals surface area contributed by atoms with Gasteiger partial charge in [0, 0.05) is 48.6 Å². The van der Waals surface area contributed by atoms with E-state index >= 15 is 0 Å². The molecular formula is C58H36N4S. The molecule has 0 aliphatic heterocycles. The molecule has 0 fully saturated rings. The van der Waals surface area contributed by atoms with Crippen LogP contribution in [0.2, 0.25) is 0 Å². The van der Waals surface area contributed by atoms with Crippen molar-refractivity contribution in [1.82, 2.24) is 19.1 Å². The van der Waals surface area contributed by atoms with Crippen LogP contribution in [0.15, 0.2) is 218 Å². The fraction of sp³-hybridized carbons (Fsp3) is 0. The molecule has 0 aliphatic rings. The van der Waals surface area contributed by atoms with Crippen molar-refractivity contribution in [1.29, 1.82) is 0 Å². The van der Waals surface area contributed by atoms with Crippen molar-refractivity contribution in [2.75, 3.05) is 0 Å². The average molecular weight is 821 g/mol. The van der Waals surface area contributed by atoms with Crippen LogP contribution < -0.4 is 0 Å². The number of hydrogen-bond donors (Lipinski definition) is 0. The fourth-order valence-corrected chi connectivity index (χ4v) is 11.0. The fourth-order valence-electron chi connectivity index (χ4n) is 9.70. The Morgan fingerprint density at radius 3 is 1.63 bits per heavy atom. The molecule has 0 bridgehead atoms.